The van der Waals surface area contributed by atoms with Crippen LogP contribution in [0.3, 0.4) is 0 Å². The fourth-order valence-electron chi connectivity index (χ4n) is 3.60. The Morgan fingerprint density at radius 1 is 1.25 bits per heavy atom. The molecule has 0 saturated carbocycles. The molecule has 0 spiro atoms. The summed E-state index contributed by atoms with van der Waals surface area (Å²) in [6, 6.07) is 12.3. The number of methoxy groups -OCH3 is 1. The highest BCUT2D eigenvalue weighted by atomic mass is 32.2. The van der Waals surface area contributed by atoms with Gasteiger partial charge in [0.05, 0.1) is 12.0 Å². The molecule has 1 N–H and O–H groups in total. The number of amides is 1. The fraction of sp³-hybridized carbons (Fsp3) is 0.381. The molecule has 1 atom stereocenters. The van der Waals surface area contributed by atoms with Crippen LogP contribution in [0.15, 0.2) is 47.4 Å². The molecule has 0 saturated heterocycles. The van der Waals surface area contributed by atoms with E-state index in [0.29, 0.717) is 13.0 Å². The van der Waals surface area contributed by atoms with Crippen molar-refractivity contribution in [2.24, 2.45) is 0 Å². The van der Waals surface area contributed by atoms with Crippen LogP contribution >= 0.6 is 0 Å². The van der Waals surface area contributed by atoms with Crippen molar-refractivity contribution in [2.75, 3.05) is 18.6 Å². The van der Waals surface area contributed by atoms with Crippen molar-refractivity contribution in [3.63, 3.8) is 0 Å². The first kappa shape index (κ1) is 20.4. The number of hydrogen-bond donors (Lipinski definition) is 1. The largest absolute Gasteiger partial charge is 0.497 e. The number of benzene rings is 2. The molecular formula is C21H26N2O4S. The molecule has 1 amide bonds. The lowest BCUT2D eigenvalue weighted by molar-refractivity contribution is -0.116. The van der Waals surface area contributed by atoms with Gasteiger partial charge in [0.2, 0.25) is 15.9 Å². The van der Waals surface area contributed by atoms with Crippen LogP contribution in [-0.2, 0) is 27.7 Å². The molecule has 3 rings (SSSR count). The minimum atomic E-state index is -3.65. The van der Waals surface area contributed by atoms with Gasteiger partial charge in [0.15, 0.2) is 0 Å². The van der Waals surface area contributed by atoms with Gasteiger partial charge in [0.1, 0.15) is 5.75 Å². The molecule has 0 radical (unpaired) electrons. The molecule has 1 unspecified atom stereocenters. The Balaban J connectivity index is 1.76. The predicted molar refractivity (Wildman–Crippen MR) is 109 cm³/mol. The number of fused-ring (bicyclic) bond motifs is 1. The lowest BCUT2D eigenvalue weighted by Crippen LogP contribution is -2.35. The number of hydrogen-bond acceptors (Lipinski definition) is 4. The molecule has 1 aliphatic rings. The Bertz CT molecular complexity index is 972. The summed E-state index contributed by atoms with van der Waals surface area (Å²) in [4.78, 5) is 13.7. The summed E-state index contributed by atoms with van der Waals surface area (Å²) in [5.41, 5.74) is 2.70. The van der Waals surface area contributed by atoms with Crippen molar-refractivity contribution in [1.82, 2.24) is 4.72 Å². The Morgan fingerprint density at radius 3 is 2.75 bits per heavy atom. The Labute approximate surface area is 166 Å². The topological polar surface area (TPSA) is 75.7 Å². The second-order valence-corrected chi connectivity index (χ2v) is 8.86. The van der Waals surface area contributed by atoms with E-state index in [9.17, 15) is 13.2 Å². The second kappa shape index (κ2) is 8.32. The van der Waals surface area contributed by atoms with Crippen molar-refractivity contribution in [2.45, 2.75) is 44.0 Å². The third-order valence-electron chi connectivity index (χ3n) is 4.89. The monoisotopic (exact) mass is 402 g/mol. The minimum absolute atomic E-state index is 0.0263. The lowest BCUT2D eigenvalue weighted by atomic mass is 10.0. The zero-order valence-electron chi connectivity index (χ0n) is 16.4. The first-order valence-electron chi connectivity index (χ1n) is 9.36. The molecule has 1 aliphatic heterocycles. The van der Waals surface area contributed by atoms with Crippen molar-refractivity contribution >= 4 is 21.6 Å². The van der Waals surface area contributed by atoms with Crippen LogP contribution in [0.1, 0.15) is 31.4 Å². The number of anilines is 1. The summed E-state index contributed by atoms with van der Waals surface area (Å²) in [6.07, 6.45) is 2.15. The van der Waals surface area contributed by atoms with Gasteiger partial charge in [-0.3, -0.25) is 4.79 Å². The standard InChI is InChI=1S/C21H26N2O4S/c1-15(12-17-6-4-8-19(13-17)27-3)22-28(25,26)20-9-10-21-18(14-20)7-5-11-23(21)16(2)24/h4,6,8-10,13-15,22H,5,7,11-12H2,1-3H3. The third-order valence-corrected chi connectivity index (χ3v) is 6.48. The average molecular weight is 403 g/mol. The molecule has 0 fully saturated rings. The molecule has 0 aromatic heterocycles. The number of aryl methyl sites for hydroxylation is 1. The number of rotatable bonds is 6. The minimum Gasteiger partial charge on any atom is -0.497 e. The van der Waals surface area contributed by atoms with Crippen LogP contribution in [0, 0.1) is 0 Å². The molecule has 2 aromatic rings. The zero-order valence-corrected chi connectivity index (χ0v) is 17.3. The van der Waals surface area contributed by atoms with Crippen LogP contribution in [0.4, 0.5) is 5.69 Å². The summed E-state index contributed by atoms with van der Waals surface area (Å²) >= 11 is 0. The normalized spacial score (nSPS) is 15.0. The van der Waals surface area contributed by atoms with Crippen LogP contribution in [0.5, 0.6) is 5.75 Å². The van der Waals surface area contributed by atoms with E-state index in [1.165, 1.54) is 6.92 Å². The number of nitrogens with one attached hydrogen (secondary N) is 1. The third kappa shape index (κ3) is 4.54. The number of carbonyl (C=O) groups is 1. The summed E-state index contributed by atoms with van der Waals surface area (Å²) in [5.74, 6) is 0.721. The number of nitrogens with zero attached hydrogens (tertiary/aromatic N) is 1. The van der Waals surface area contributed by atoms with Gasteiger partial charge in [-0.05, 0) is 67.6 Å². The summed E-state index contributed by atoms with van der Waals surface area (Å²) in [7, 11) is -2.05. The van der Waals surface area contributed by atoms with Gasteiger partial charge in [0.25, 0.3) is 0 Å². The summed E-state index contributed by atoms with van der Waals surface area (Å²) in [6.45, 7) is 4.04. The van der Waals surface area contributed by atoms with Crippen LogP contribution < -0.4 is 14.4 Å². The molecule has 6 nitrogen and oxygen atoms in total. The van der Waals surface area contributed by atoms with Crippen molar-refractivity contribution in [1.29, 1.82) is 0 Å². The van der Waals surface area contributed by atoms with Gasteiger partial charge >= 0.3 is 0 Å². The van der Waals surface area contributed by atoms with E-state index in [1.54, 1.807) is 30.2 Å². The highest BCUT2D eigenvalue weighted by molar-refractivity contribution is 7.89. The van der Waals surface area contributed by atoms with E-state index >= 15 is 0 Å². The molecule has 0 aliphatic carbocycles. The SMILES string of the molecule is COc1cccc(CC(C)NS(=O)(=O)c2ccc3c(c2)CCCN3C(C)=O)c1. The van der Waals surface area contributed by atoms with Crippen molar-refractivity contribution < 1.29 is 17.9 Å². The zero-order chi connectivity index (χ0) is 20.3. The maximum Gasteiger partial charge on any atom is 0.240 e. The Morgan fingerprint density at radius 2 is 2.04 bits per heavy atom. The van der Waals surface area contributed by atoms with Gasteiger partial charge in [0, 0.05) is 25.2 Å². The van der Waals surface area contributed by atoms with Gasteiger partial charge in [-0.1, -0.05) is 12.1 Å². The van der Waals surface area contributed by atoms with E-state index in [2.05, 4.69) is 4.72 Å². The highest BCUT2D eigenvalue weighted by Crippen LogP contribution is 2.29. The first-order valence-corrected chi connectivity index (χ1v) is 10.8. The van der Waals surface area contributed by atoms with Crippen molar-refractivity contribution in [3.05, 3.63) is 53.6 Å². The van der Waals surface area contributed by atoms with Crippen LogP contribution in [0.25, 0.3) is 0 Å². The fourth-order valence-corrected chi connectivity index (χ4v) is 4.89. The van der Waals surface area contributed by atoms with Gasteiger partial charge in [-0.25, -0.2) is 13.1 Å². The first-order chi connectivity index (χ1) is 13.3. The second-order valence-electron chi connectivity index (χ2n) is 7.14. The molecule has 7 heteroatoms. The van der Waals surface area contributed by atoms with Gasteiger partial charge in [-0.15, -0.1) is 0 Å². The molecular weight excluding hydrogens is 376 g/mol. The van der Waals surface area contributed by atoms with Gasteiger partial charge < -0.3 is 9.64 Å². The molecule has 0 bridgehead atoms. The molecule has 1 heterocycles. The van der Waals surface area contributed by atoms with E-state index in [4.69, 9.17) is 4.74 Å². The lowest BCUT2D eigenvalue weighted by Gasteiger charge is -2.29. The molecule has 28 heavy (non-hydrogen) atoms. The number of ether oxygens (including phenoxy) is 1. The van der Waals surface area contributed by atoms with E-state index in [1.807, 2.05) is 31.2 Å². The van der Waals surface area contributed by atoms with Crippen LogP contribution in [0.2, 0.25) is 0 Å². The Kier molecular flexibility index (Phi) is 6.05. The number of carbonyl (C=O) groups excluding carboxylic acids is 1. The predicted octanol–water partition coefficient (Wildman–Crippen LogP) is 2.90. The number of sulfonamides is 1. The van der Waals surface area contributed by atoms with E-state index < -0.39 is 10.0 Å². The highest BCUT2D eigenvalue weighted by Gasteiger charge is 2.24. The Hall–Kier alpha value is -2.38. The smallest absolute Gasteiger partial charge is 0.240 e. The maximum atomic E-state index is 12.8. The van der Waals surface area contributed by atoms with Gasteiger partial charge in [-0.2, -0.15) is 0 Å². The maximum absolute atomic E-state index is 12.8. The average Bonchev–Trinajstić information content (AvgIpc) is 2.66. The molecule has 2 aromatic carbocycles. The van der Waals surface area contributed by atoms with E-state index in [0.717, 1.165) is 35.4 Å². The van der Waals surface area contributed by atoms with Crippen LogP contribution in [-0.4, -0.2) is 34.0 Å². The molecule has 150 valence electrons. The quantitative estimate of drug-likeness (QED) is 0.806. The van der Waals surface area contributed by atoms with Crippen molar-refractivity contribution in [3.8, 4) is 5.75 Å². The summed E-state index contributed by atoms with van der Waals surface area (Å²) < 4.78 is 33.6. The summed E-state index contributed by atoms with van der Waals surface area (Å²) in [5, 5.41) is 0. The van der Waals surface area contributed by atoms with E-state index in [-0.39, 0.29) is 16.8 Å².